The van der Waals surface area contributed by atoms with E-state index in [1.165, 1.54) is 0 Å². The summed E-state index contributed by atoms with van der Waals surface area (Å²) in [6.07, 6.45) is 2.00. The third-order valence-electron chi connectivity index (χ3n) is 2.63. The first-order valence-corrected chi connectivity index (χ1v) is 5.98. The summed E-state index contributed by atoms with van der Waals surface area (Å²) in [6.45, 7) is 4.12. The van der Waals surface area contributed by atoms with Crippen LogP contribution in [0.2, 0.25) is 0 Å². The predicted molar refractivity (Wildman–Crippen MR) is 68.4 cm³/mol. The number of aromatic amines is 1. The Hall–Kier alpha value is -2.09. The lowest BCUT2D eigenvalue weighted by molar-refractivity contribution is 0.0953. The van der Waals surface area contributed by atoms with E-state index in [0.29, 0.717) is 0 Å². The highest BCUT2D eigenvalue weighted by Crippen LogP contribution is 2.07. The Balaban J connectivity index is 2.94. The Bertz CT molecular complexity index is 526. The standard InChI is InChI=1S/C13H17N3O2/c1-3-5-10-8-11(13(18)16-9(10)2)12(17)15-7-4-6-14/h8H,3-5,7H2,1-2H3,(H,15,17)(H,16,18). The lowest BCUT2D eigenvalue weighted by atomic mass is 10.1. The van der Waals surface area contributed by atoms with Gasteiger partial charge in [-0.25, -0.2) is 0 Å². The fraction of sp³-hybridized carbons (Fsp3) is 0.462. The number of H-pyrrole nitrogens is 1. The van der Waals surface area contributed by atoms with Crippen molar-refractivity contribution in [1.29, 1.82) is 5.26 Å². The van der Waals surface area contributed by atoms with Crippen molar-refractivity contribution in [2.75, 3.05) is 6.54 Å². The minimum atomic E-state index is -0.427. The van der Waals surface area contributed by atoms with E-state index in [9.17, 15) is 9.59 Å². The van der Waals surface area contributed by atoms with E-state index in [2.05, 4.69) is 10.3 Å². The Morgan fingerprint density at radius 3 is 2.89 bits per heavy atom. The fourth-order valence-electron chi connectivity index (χ4n) is 1.69. The van der Waals surface area contributed by atoms with Gasteiger partial charge in [0.25, 0.3) is 11.5 Å². The molecule has 0 atom stereocenters. The molecule has 1 aromatic rings. The van der Waals surface area contributed by atoms with E-state index in [0.717, 1.165) is 24.1 Å². The quantitative estimate of drug-likeness (QED) is 0.768. The van der Waals surface area contributed by atoms with Crippen LogP contribution in [0, 0.1) is 18.3 Å². The second-order valence-corrected chi connectivity index (χ2v) is 4.08. The van der Waals surface area contributed by atoms with Gasteiger partial charge in [0, 0.05) is 12.2 Å². The SMILES string of the molecule is CCCc1cc(C(=O)NCCC#N)c(=O)[nH]c1C. The summed E-state index contributed by atoms with van der Waals surface area (Å²) >= 11 is 0. The van der Waals surface area contributed by atoms with Crippen LogP contribution in [0.1, 0.15) is 41.4 Å². The molecular weight excluding hydrogens is 230 g/mol. The number of pyridine rings is 1. The van der Waals surface area contributed by atoms with Crippen LogP contribution in [0.5, 0.6) is 0 Å². The second-order valence-electron chi connectivity index (χ2n) is 4.08. The molecule has 1 amide bonds. The van der Waals surface area contributed by atoms with Crippen LogP contribution < -0.4 is 10.9 Å². The molecule has 1 heterocycles. The zero-order valence-electron chi connectivity index (χ0n) is 10.7. The molecular formula is C13H17N3O2. The highest BCUT2D eigenvalue weighted by atomic mass is 16.2. The van der Waals surface area contributed by atoms with Crippen molar-refractivity contribution in [3.63, 3.8) is 0 Å². The Morgan fingerprint density at radius 1 is 1.56 bits per heavy atom. The fourth-order valence-corrected chi connectivity index (χ4v) is 1.69. The van der Waals surface area contributed by atoms with Crippen LogP contribution in [0.15, 0.2) is 10.9 Å². The Labute approximate surface area is 106 Å². The molecule has 1 aromatic heterocycles. The summed E-state index contributed by atoms with van der Waals surface area (Å²) in [5.74, 6) is -0.427. The van der Waals surface area contributed by atoms with Gasteiger partial charge in [-0.3, -0.25) is 9.59 Å². The Morgan fingerprint density at radius 2 is 2.28 bits per heavy atom. The summed E-state index contributed by atoms with van der Waals surface area (Å²) in [7, 11) is 0. The highest BCUT2D eigenvalue weighted by Gasteiger charge is 2.12. The first-order valence-electron chi connectivity index (χ1n) is 5.98. The van der Waals surface area contributed by atoms with Gasteiger partial charge in [-0.1, -0.05) is 13.3 Å². The van der Waals surface area contributed by atoms with E-state index >= 15 is 0 Å². The number of nitrogens with one attached hydrogen (secondary N) is 2. The molecule has 0 aliphatic heterocycles. The summed E-state index contributed by atoms with van der Waals surface area (Å²) in [5, 5.41) is 10.9. The normalized spacial score (nSPS) is 9.83. The monoisotopic (exact) mass is 247 g/mol. The van der Waals surface area contributed by atoms with E-state index in [4.69, 9.17) is 5.26 Å². The largest absolute Gasteiger partial charge is 0.351 e. The van der Waals surface area contributed by atoms with Crippen molar-refractivity contribution in [2.24, 2.45) is 0 Å². The molecule has 0 spiro atoms. The minimum Gasteiger partial charge on any atom is -0.351 e. The molecule has 0 saturated heterocycles. The number of amides is 1. The van der Waals surface area contributed by atoms with Crippen molar-refractivity contribution in [3.05, 3.63) is 33.2 Å². The van der Waals surface area contributed by atoms with Crippen molar-refractivity contribution < 1.29 is 4.79 Å². The van der Waals surface area contributed by atoms with Crippen LogP contribution in [0.4, 0.5) is 0 Å². The molecule has 18 heavy (non-hydrogen) atoms. The van der Waals surface area contributed by atoms with Gasteiger partial charge in [0.1, 0.15) is 5.56 Å². The van der Waals surface area contributed by atoms with E-state index in [1.54, 1.807) is 6.07 Å². The number of nitrogens with zero attached hydrogens (tertiary/aromatic N) is 1. The predicted octanol–water partition coefficient (Wildman–Crippen LogP) is 1.28. The molecule has 0 fully saturated rings. The number of rotatable bonds is 5. The van der Waals surface area contributed by atoms with Gasteiger partial charge < -0.3 is 10.3 Å². The lowest BCUT2D eigenvalue weighted by Gasteiger charge is -2.07. The number of nitriles is 1. The molecule has 1 rings (SSSR count). The van der Waals surface area contributed by atoms with Crippen LogP contribution >= 0.6 is 0 Å². The van der Waals surface area contributed by atoms with Gasteiger partial charge in [-0.2, -0.15) is 5.26 Å². The first-order chi connectivity index (χ1) is 8.60. The molecule has 5 nitrogen and oxygen atoms in total. The smallest absolute Gasteiger partial charge is 0.261 e. The van der Waals surface area contributed by atoms with Crippen molar-refractivity contribution in [1.82, 2.24) is 10.3 Å². The zero-order chi connectivity index (χ0) is 13.5. The van der Waals surface area contributed by atoms with Gasteiger partial charge in [0.15, 0.2) is 0 Å². The molecule has 0 radical (unpaired) electrons. The van der Waals surface area contributed by atoms with Crippen LogP contribution in [-0.4, -0.2) is 17.4 Å². The van der Waals surface area contributed by atoms with Gasteiger partial charge in [-0.05, 0) is 25.0 Å². The second kappa shape index (κ2) is 6.60. The molecule has 2 N–H and O–H groups in total. The highest BCUT2D eigenvalue weighted by molar-refractivity contribution is 5.94. The molecule has 0 unspecified atom stereocenters. The molecule has 0 saturated carbocycles. The Kier molecular flexibility index (Phi) is 5.12. The lowest BCUT2D eigenvalue weighted by Crippen LogP contribution is -2.30. The van der Waals surface area contributed by atoms with Crippen LogP contribution in [0.3, 0.4) is 0 Å². The summed E-state index contributed by atoms with van der Waals surface area (Å²) in [5.41, 5.74) is 1.50. The first kappa shape index (κ1) is 14.0. The van der Waals surface area contributed by atoms with Crippen molar-refractivity contribution >= 4 is 5.91 Å². The third-order valence-corrected chi connectivity index (χ3v) is 2.63. The van der Waals surface area contributed by atoms with Crippen LogP contribution in [0.25, 0.3) is 0 Å². The van der Waals surface area contributed by atoms with Gasteiger partial charge >= 0.3 is 0 Å². The summed E-state index contributed by atoms with van der Waals surface area (Å²) in [4.78, 5) is 26.1. The maximum Gasteiger partial charge on any atom is 0.261 e. The van der Waals surface area contributed by atoms with Crippen molar-refractivity contribution in [3.8, 4) is 6.07 Å². The number of hydrogen-bond donors (Lipinski definition) is 2. The van der Waals surface area contributed by atoms with Gasteiger partial charge in [0.2, 0.25) is 0 Å². The number of aryl methyl sites for hydroxylation is 2. The topological polar surface area (TPSA) is 85.8 Å². The maximum absolute atomic E-state index is 11.8. The molecule has 0 aliphatic carbocycles. The average Bonchev–Trinajstić information content (AvgIpc) is 2.33. The number of carbonyl (C=O) groups excluding carboxylic acids is 1. The third kappa shape index (κ3) is 3.45. The van der Waals surface area contributed by atoms with Gasteiger partial charge in [0.05, 0.1) is 12.5 Å². The summed E-state index contributed by atoms with van der Waals surface area (Å²) in [6, 6.07) is 3.57. The molecule has 0 aromatic carbocycles. The zero-order valence-corrected chi connectivity index (χ0v) is 10.7. The molecule has 0 bridgehead atoms. The minimum absolute atomic E-state index is 0.113. The number of aromatic nitrogens is 1. The van der Waals surface area contributed by atoms with Gasteiger partial charge in [-0.15, -0.1) is 0 Å². The molecule has 0 aliphatic rings. The van der Waals surface area contributed by atoms with Crippen molar-refractivity contribution in [2.45, 2.75) is 33.1 Å². The van der Waals surface area contributed by atoms with E-state index in [-0.39, 0.29) is 24.1 Å². The number of carbonyl (C=O) groups is 1. The number of hydrogen-bond acceptors (Lipinski definition) is 3. The molecule has 5 heteroatoms. The van der Waals surface area contributed by atoms with Crippen LogP contribution in [-0.2, 0) is 6.42 Å². The average molecular weight is 247 g/mol. The maximum atomic E-state index is 11.8. The molecule has 96 valence electrons. The van der Waals surface area contributed by atoms with E-state index < -0.39 is 5.91 Å². The van der Waals surface area contributed by atoms with E-state index in [1.807, 2.05) is 19.9 Å². The summed E-state index contributed by atoms with van der Waals surface area (Å²) < 4.78 is 0.